The maximum absolute atomic E-state index is 10.9. The first-order chi connectivity index (χ1) is 8.99. The number of benzene rings is 2. The molecule has 0 spiro atoms. The number of carbonyl (C=O) groups is 1. The average Bonchev–Trinajstić information content (AvgIpc) is 2.35. The van der Waals surface area contributed by atoms with Crippen LogP contribution in [0.2, 0.25) is 0 Å². The van der Waals surface area contributed by atoms with Crippen molar-refractivity contribution >= 4 is 36.0 Å². The number of aryl methyl sites for hydroxylation is 1. The molecular weight excluding hydrogens is 278 g/mol. The zero-order valence-corrected chi connectivity index (χ0v) is 12.0. The van der Waals surface area contributed by atoms with Gasteiger partial charge in [0.25, 0.3) is 0 Å². The Balaban J connectivity index is 2.42. The van der Waals surface area contributed by atoms with Crippen molar-refractivity contribution in [1.29, 1.82) is 0 Å². The van der Waals surface area contributed by atoms with Gasteiger partial charge < -0.3 is 10.8 Å². The molecule has 5 heteroatoms. The Morgan fingerprint density at radius 2 is 2.00 bits per heavy atom. The zero-order chi connectivity index (χ0) is 14.0. The number of aromatic carboxylic acids is 1. The first-order valence-corrected chi connectivity index (χ1v) is 6.84. The van der Waals surface area contributed by atoms with Crippen molar-refractivity contribution in [2.24, 2.45) is 0 Å². The van der Waals surface area contributed by atoms with Crippen LogP contribution in [0.5, 0.6) is 0 Å². The van der Waals surface area contributed by atoms with Gasteiger partial charge in [0, 0.05) is 20.4 Å². The van der Waals surface area contributed by atoms with Crippen LogP contribution in [-0.4, -0.2) is 11.1 Å². The number of carboxylic acids is 1. The van der Waals surface area contributed by atoms with Crippen LogP contribution >= 0.6 is 24.4 Å². The summed E-state index contributed by atoms with van der Waals surface area (Å²) in [6.07, 6.45) is 0. The molecule has 0 radical (unpaired) electrons. The van der Waals surface area contributed by atoms with Crippen LogP contribution < -0.4 is 5.73 Å². The van der Waals surface area contributed by atoms with E-state index in [1.807, 2.05) is 31.2 Å². The van der Waals surface area contributed by atoms with E-state index in [-0.39, 0.29) is 5.56 Å². The van der Waals surface area contributed by atoms with E-state index in [9.17, 15) is 4.79 Å². The number of nitrogen functional groups attached to an aromatic ring is 1. The highest BCUT2D eigenvalue weighted by atomic mass is 32.2. The molecule has 0 heterocycles. The van der Waals surface area contributed by atoms with Gasteiger partial charge in [-0.05, 0) is 30.7 Å². The van der Waals surface area contributed by atoms with Gasteiger partial charge in [-0.15, -0.1) is 12.6 Å². The minimum atomic E-state index is -1.01. The molecule has 98 valence electrons. The molecule has 0 atom stereocenters. The third-order valence-corrected chi connectivity index (χ3v) is 4.49. The van der Waals surface area contributed by atoms with E-state index < -0.39 is 5.97 Å². The monoisotopic (exact) mass is 291 g/mol. The van der Waals surface area contributed by atoms with Gasteiger partial charge >= 0.3 is 5.97 Å². The molecule has 2 aromatic carbocycles. The average molecular weight is 291 g/mol. The molecule has 3 nitrogen and oxygen atoms in total. The van der Waals surface area contributed by atoms with E-state index in [4.69, 9.17) is 10.8 Å². The summed E-state index contributed by atoms with van der Waals surface area (Å²) in [5.74, 6) is -1.01. The van der Waals surface area contributed by atoms with Crippen LogP contribution in [0.15, 0.2) is 51.1 Å². The largest absolute Gasteiger partial charge is 0.478 e. The Kier molecular flexibility index (Phi) is 4.07. The van der Waals surface area contributed by atoms with Crippen LogP contribution in [0.3, 0.4) is 0 Å². The summed E-state index contributed by atoms with van der Waals surface area (Å²) in [4.78, 5) is 13.4. The van der Waals surface area contributed by atoms with E-state index in [0.717, 1.165) is 15.4 Å². The molecule has 19 heavy (non-hydrogen) atoms. The fraction of sp³-hybridized carbons (Fsp3) is 0.0714. The van der Waals surface area contributed by atoms with E-state index >= 15 is 0 Å². The van der Waals surface area contributed by atoms with Gasteiger partial charge in [-0.2, -0.15) is 0 Å². The summed E-state index contributed by atoms with van der Waals surface area (Å²) in [6.45, 7) is 2.02. The van der Waals surface area contributed by atoms with Crippen LogP contribution in [0.25, 0.3) is 0 Å². The van der Waals surface area contributed by atoms with Crippen LogP contribution in [0, 0.1) is 6.92 Å². The maximum atomic E-state index is 10.9. The predicted octanol–water partition coefficient (Wildman–Crippen LogP) is 3.72. The molecule has 0 saturated heterocycles. The van der Waals surface area contributed by atoms with Gasteiger partial charge in [0.2, 0.25) is 0 Å². The van der Waals surface area contributed by atoms with Gasteiger partial charge in [0.05, 0.1) is 5.56 Å². The smallest absolute Gasteiger partial charge is 0.335 e. The molecule has 2 aromatic rings. The molecule has 2 rings (SSSR count). The highest BCUT2D eigenvalue weighted by Gasteiger charge is 2.12. The lowest BCUT2D eigenvalue weighted by atomic mass is 10.2. The molecular formula is C14H13NO2S2. The summed E-state index contributed by atoms with van der Waals surface area (Å²) in [6, 6.07) is 10.9. The fourth-order valence-corrected chi connectivity index (χ4v) is 2.99. The molecule has 0 aliphatic heterocycles. The first-order valence-electron chi connectivity index (χ1n) is 5.58. The van der Waals surface area contributed by atoms with Crippen LogP contribution in [0.4, 0.5) is 5.69 Å². The van der Waals surface area contributed by atoms with Gasteiger partial charge in [-0.3, -0.25) is 0 Å². The highest BCUT2D eigenvalue weighted by molar-refractivity contribution is 8.00. The van der Waals surface area contributed by atoms with E-state index in [1.165, 1.54) is 23.9 Å². The number of thiol groups is 1. The van der Waals surface area contributed by atoms with Crippen LogP contribution in [0.1, 0.15) is 15.9 Å². The molecule has 3 N–H and O–H groups in total. The zero-order valence-electron chi connectivity index (χ0n) is 10.3. The van der Waals surface area contributed by atoms with Gasteiger partial charge in [-0.25, -0.2) is 4.79 Å². The van der Waals surface area contributed by atoms with Crippen molar-refractivity contribution in [3.05, 3.63) is 47.5 Å². The highest BCUT2D eigenvalue weighted by Crippen LogP contribution is 2.38. The Morgan fingerprint density at radius 3 is 2.58 bits per heavy atom. The third-order valence-electron chi connectivity index (χ3n) is 2.65. The number of carboxylic acid groups (broad SMARTS) is 1. The van der Waals surface area contributed by atoms with Crippen molar-refractivity contribution in [1.82, 2.24) is 0 Å². The molecule has 0 unspecified atom stereocenters. The lowest BCUT2D eigenvalue weighted by molar-refractivity contribution is 0.0696. The molecule has 0 saturated carbocycles. The molecule has 0 aliphatic carbocycles. The number of nitrogens with two attached hydrogens (primary N) is 1. The SMILES string of the molecule is Cc1ccccc1Sc1c(N)cc(C(=O)O)cc1S. The Labute approximate surface area is 121 Å². The summed E-state index contributed by atoms with van der Waals surface area (Å²) in [5.41, 5.74) is 7.64. The number of rotatable bonds is 3. The topological polar surface area (TPSA) is 63.3 Å². The summed E-state index contributed by atoms with van der Waals surface area (Å²) < 4.78 is 0. The Hall–Kier alpha value is -1.59. The number of hydrogen-bond acceptors (Lipinski definition) is 4. The van der Waals surface area contributed by atoms with Crippen LogP contribution in [-0.2, 0) is 0 Å². The predicted molar refractivity (Wildman–Crippen MR) is 80.4 cm³/mol. The van der Waals surface area contributed by atoms with Crippen molar-refractivity contribution in [2.75, 3.05) is 5.73 Å². The van der Waals surface area contributed by atoms with E-state index in [0.29, 0.717) is 10.6 Å². The summed E-state index contributed by atoms with van der Waals surface area (Å²) >= 11 is 5.83. The standard InChI is InChI=1S/C14H13NO2S2/c1-8-4-2-3-5-12(8)19-13-10(15)6-9(14(16)17)7-11(13)18/h2-7,18H,15H2,1H3,(H,16,17). The summed E-state index contributed by atoms with van der Waals surface area (Å²) in [5, 5.41) is 8.96. The fourth-order valence-electron chi connectivity index (χ4n) is 1.65. The molecule has 0 amide bonds. The second kappa shape index (κ2) is 5.59. The number of hydrogen-bond donors (Lipinski definition) is 3. The van der Waals surface area contributed by atoms with Gasteiger partial charge in [-0.1, -0.05) is 30.0 Å². The van der Waals surface area contributed by atoms with E-state index in [2.05, 4.69) is 12.6 Å². The van der Waals surface area contributed by atoms with E-state index in [1.54, 1.807) is 0 Å². The van der Waals surface area contributed by atoms with Crippen molar-refractivity contribution in [3.8, 4) is 0 Å². The van der Waals surface area contributed by atoms with Gasteiger partial charge in [0.15, 0.2) is 0 Å². The Bertz CT molecular complexity index is 618. The van der Waals surface area contributed by atoms with Crippen molar-refractivity contribution < 1.29 is 9.90 Å². The molecule has 0 aromatic heterocycles. The molecule has 0 bridgehead atoms. The minimum Gasteiger partial charge on any atom is -0.478 e. The third kappa shape index (κ3) is 3.05. The molecule has 0 fully saturated rings. The second-order valence-electron chi connectivity index (χ2n) is 4.09. The minimum absolute atomic E-state index is 0.150. The van der Waals surface area contributed by atoms with Gasteiger partial charge in [0.1, 0.15) is 0 Å². The normalized spacial score (nSPS) is 10.4. The van der Waals surface area contributed by atoms with Crippen molar-refractivity contribution in [3.63, 3.8) is 0 Å². The second-order valence-corrected chi connectivity index (χ2v) is 5.62. The Morgan fingerprint density at radius 1 is 1.32 bits per heavy atom. The quantitative estimate of drug-likeness (QED) is 0.596. The lowest BCUT2D eigenvalue weighted by Gasteiger charge is -2.11. The summed E-state index contributed by atoms with van der Waals surface area (Å²) in [7, 11) is 0. The first kappa shape index (κ1) is 13.8. The molecule has 0 aliphatic rings. The lowest BCUT2D eigenvalue weighted by Crippen LogP contribution is -2.00. The van der Waals surface area contributed by atoms with Crippen molar-refractivity contribution in [2.45, 2.75) is 21.6 Å². The maximum Gasteiger partial charge on any atom is 0.335 e. The number of anilines is 1.